The van der Waals surface area contributed by atoms with Crippen molar-refractivity contribution in [3.63, 3.8) is 0 Å². The Bertz CT molecular complexity index is 1000. The minimum atomic E-state index is -0.349. The van der Waals surface area contributed by atoms with Crippen molar-refractivity contribution in [1.29, 1.82) is 0 Å². The van der Waals surface area contributed by atoms with Crippen molar-refractivity contribution in [3.05, 3.63) is 51.9 Å². The molecule has 6 heteroatoms. The number of hydrogen-bond donors (Lipinski definition) is 1. The number of nitrogens with zero attached hydrogens (tertiary/aromatic N) is 1. The van der Waals surface area contributed by atoms with Crippen molar-refractivity contribution in [1.82, 2.24) is 5.32 Å². The van der Waals surface area contributed by atoms with E-state index in [1.807, 2.05) is 12.1 Å². The Hall–Kier alpha value is -2.60. The van der Waals surface area contributed by atoms with Gasteiger partial charge in [0.2, 0.25) is 0 Å². The summed E-state index contributed by atoms with van der Waals surface area (Å²) in [6.07, 6.45) is 9.15. The van der Waals surface area contributed by atoms with Crippen LogP contribution in [0.5, 0.6) is 5.75 Å². The van der Waals surface area contributed by atoms with E-state index in [0.29, 0.717) is 29.6 Å². The van der Waals surface area contributed by atoms with Crippen LogP contribution in [0.15, 0.2) is 45.1 Å². The molecule has 1 heterocycles. The SMILES string of the molecule is CCCCCNC(=O)C[N+](C)(C)CCCCCOc1ccc2ccc(=O)oc2c1CC=C(C)C. The van der Waals surface area contributed by atoms with Gasteiger partial charge in [0.1, 0.15) is 11.3 Å². The van der Waals surface area contributed by atoms with E-state index in [9.17, 15) is 9.59 Å². The fraction of sp³-hybridized carbons (Fsp3) is 0.571. The first-order chi connectivity index (χ1) is 16.2. The number of carbonyl (C=O) groups is 1. The number of benzene rings is 1. The molecule has 1 amide bonds. The fourth-order valence-corrected chi connectivity index (χ4v) is 3.93. The van der Waals surface area contributed by atoms with Gasteiger partial charge in [-0.3, -0.25) is 4.79 Å². The van der Waals surface area contributed by atoms with Crippen LogP contribution in [-0.2, 0) is 11.2 Å². The average Bonchev–Trinajstić information content (AvgIpc) is 2.77. The molecule has 0 fully saturated rings. The number of ether oxygens (including phenoxy) is 1. The number of nitrogens with one attached hydrogen (secondary N) is 1. The summed E-state index contributed by atoms with van der Waals surface area (Å²) in [6, 6.07) is 7.15. The Labute approximate surface area is 204 Å². The summed E-state index contributed by atoms with van der Waals surface area (Å²) >= 11 is 0. The number of amides is 1. The number of likely N-dealkylation sites (N-methyl/N-ethyl adjacent to an activating group) is 1. The Balaban J connectivity index is 1.82. The molecule has 188 valence electrons. The predicted octanol–water partition coefficient (Wildman–Crippen LogP) is 5.23. The van der Waals surface area contributed by atoms with Crippen LogP contribution in [0.1, 0.15) is 64.9 Å². The topological polar surface area (TPSA) is 68.5 Å². The van der Waals surface area contributed by atoms with Crippen LogP contribution in [-0.4, -0.2) is 50.7 Å². The summed E-state index contributed by atoms with van der Waals surface area (Å²) in [5, 5.41) is 3.94. The van der Waals surface area contributed by atoms with Gasteiger partial charge in [0.25, 0.3) is 5.91 Å². The van der Waals surface area contributed by atoms with Crippen LogP contribution in [0.2, 0.25) is 0 Å². The van der Waals surface area contributed by atoms with Gasteiger partial charge in [0.05, 0.1) is 27.2 Å². The van der Waals surface area contributed by atoms with Crippen LogP contribution < -0.4 is 15.7 Å². The highest BCUT2D eigenvalue weighted by Crippen LogP contribution is 2.28. The van der Waals surface area contributed by atoms with Crippen molar-refractivity contribution >= 4 is 16.9 Å². The molecule has 0 saturated heterocycles. The number of rotatable bonds is 15. The molecule has 0 saturated carbocycles. The van der Waals surface area contributed by atoms with Crippen molar-refractivity contribution in [2.45, 2.75) is 65.7 Å². The number of hydrogen-bond acceptors (Lipinski definition) is 4. The molecule has 34 heavy (non-hydrogen) atoms. The number of quaternary nitrogens is 1. The molecule has 0 unspecified atom stereocenters. The van der Waals surface area contributed by atoms with Crippen LogP contribution >= 0.6 is 0 Å². The third-order valence-electron chi connectivity index (χ3n) is 5.90. The molecule has 0 radical (unpaired) electrons. The zero-order valence-corrected chi connectivity index (χ0v) is 21.7. The molecule has 0 aliphatic heterocycles. The largest absolute Gasteiger partial charge is 0.493 e. The lowest BCUT2D eigenvalue weighted by Gasteiger charge is -2.29. The first-order valence-electron chi connectivity index (χ1n) is 12.6. The van der Waals surface area contributed by atoms with Gasteiger partial charge in [-0.15, -0.1) is 0 Å². The molecule has 0 atom stereocenters. The van der Waals surface area contributed by atoms with Crippen LogP contribution in [0.3, 0.4) is 0 Å². The van der Waals surface area contributed by atoms with Crippen LogP contribution in [0, 0.1) is 0 Å². The van der Waals surface area contributed by atoms with Gasteiger partial charge in [-0.1, -0.05) is 31.4 Å². The number of allylic oxidation sites excluding steroid dienone is 2. The molecule has 0 spiro atoms. The first kappa shape index (κ1) is 27.6. The predicted molar refractivity (Wildman–Crippen MR) is 139 cm³/mol. The highest BCUT2D eigenvalue weighted by Gasteiger charge is 2.19. The quantitative estimate of drug-likeness (QED) is 0.167. The van der Waals surface area contributed by atoms with Crippen LogP contribution in [0.25, 0.3) is 11.0 Å². The normalized spacial score (nSPS) is 11.4. The minimum Gasteiger partial charge on any atom is -0.493 e. The monoisotopic (exact) mass is 471 g/mol. The first-order valence-corrected chi connectivity index (χ1v) is 12.6. The highest BCUT2D eigenvalue weighted by atomic mass is 16.5. The molecule has 1 N–H and O–H groups in total. The molecule has 0 aliphatic rings. The van der Waals surface area contributed by atoms with Crippen molar-refractivity contribution in [2.24, 2.45) is 0 Å². The van der Waals surface area contributed by atoms with E-state index in [1.54, 1.807) is 6.07 Å². The maximum atomic E-state index is 12.2. The molecule has 1 aromatic heterocycles. The summed E-state index contributed by atoms with van der Waals surface area (Å²) in [7, 11) is 4.22. The molecule has 2 rings (SSSR count). The van der Waals surface area contributed by atoms with E-state index >= 15 is 0 Å². The lowest BCUT2D eigenvalue weighted by Crippen LogP contribution is -2.48. The summed E-state index contributed by atoms with van der Waals surface area (Å²) < 4.78 is 12.3. The Morgan fingerprint density at radius 1 is 1.06 bits per heavy atom. The van der Waals surface area contributed by atoms with Gasteiger partial charge in [0.15, 0.2) is 6.54 Å². The Morgan fingerprint density at radius 3 is 2.56 bits per heavy atom. The molecule has 6 nitrogen and oxygen atoms in total. The summed E-state index contributed by atoms with van der Waals surface area (Å²) in [4.78, 5) is 24.0. The van der Waals surface area contributed by atoms with Crippen molar-refractivity contribution in [3.8, 4) is 5.75 Å². The standard InChI is InChI=1S/C28H42N2O4/c1-6-7-9-18-29-26(31)21-30(4,5)19-10-8-11-20-33-25-16-13-23-14-17-27(32)34-28(23)24(25)15-12-22(2)3/h12-14,16-17H,6-11,15,18-21H2,1-5H3/p+1. The third-order valence-corrected chi connectivity index (χ3v) is 5.90. The maximum Gasteiger partial charge on any atom is 0.336 e. The van der Waals surface area contributed by atoms with E-state index in [2.05, 4.69) is 46.3 Å². The zero-order valence-electron chi connectivity index (χ0n) is 21.7. The Kier molecular flexibility index (Phi) is 11.3. The fourth-order valence-electron chi connectivity index (χ4n) is 3.93. The van der Waals surface area contributed by atoms with Gasteiger partial charge in [-0.25, -0.2) is 4.79 Å². The van der Waals surface area contributed by atoms with Gasteiger partial charge in [-0.2, -0.15) is 0 Å². The summed E-state index contributed by atoms with van der Waals surface area (Å²) in [5.41, 5.74) is 2.38. The molecule has 0 bridgehead atoms. The van der Waals surface area contributed by atoms with E-state index < -0.39 is 0 Å². The smallest absolute Gasteiger partial charge is 0.336 e. The Morgan fingerprint density at radius 2 is 1.82 bits per heavy atom. The van der Waals surface area contributed by atoms with Gasteiger partial charge in [-0.05, 0) is 64.2 Å². The molecular formula is C28H43N2O4+. The third kappa shape index (κ3) is 9.72. The van der Waals surface area contributed by atoms with E-state index in [4.69, 9.17) is 9.15 Å². The van der Waals surface area contributed by atoms with E-state index in [1.165, 1.54) is 11.6 Å². The zero-order chi connectivity index (χ0) is 25.0. The van der Waals surface area contributed by atoms with E-state index in [0.717, 1.165) is 68.3 Å². The average molecular weight is 472 g/mol. The van der Waals surface area contributed by atoms with E-state index in [-0.39, 0.29) is 11.5 Å². The van der Waals surface area contributed by atoms with Crippen molar-refractivity contribution in [2.75, 3.05) is 40.3 Å². The highest BCUT2D eigenvalue weighted by molar-refractivity contribution is 5.82. The lowest BCUT2D eigenvalue weighted by molar-refractivity contribution is -0.882. The molecule has 2 aromatic rings. The number of fused-ring (bicyclic) bond motifs is 1. The van der Waals surface area contributed by atoms with Gasteiger partial charge in [0, 0.05) is 23.6 Å². The number of carbonyl (C=O) groups excluding carboxylic acids is 1. The second kappa shape index (κ2) is 14.0. The van der Waals surface area contributed by atoms with Gasteiger partial charge < -0.3 is 19.0 Å². The molecule has 0 aliphatic carbocycles. The van der Waals surface area contributed by atoms with Crippen molar-refractivity contribution < 1.29 is 18.4 Å². The number of unbranched alkanes of at least 4 members (excludes halogenated alkanes) is 4. The summed E-state index contributed by atoms with van der Waals surface area (Å²) in [5.74, 6) is 0.909. The molecule has 1 aromatic carbocycles. The second-order valence-corrected chi connectivity index (χ2v) is 9.98. The lowest BCUT2D eigenvalue weighted by atomic mass is 10.1. The summed E-state index contributed by atoms with van der Waals surface area (Å²) in [6.45, 7) is 9.12. The van der Waals surface area contributed by atoms with Gasteiger partial charge >= 0.3 is 5.63 Å². The minimum absolute atomic E-state index is 0.135. The molecular weight excluding hydrogens is 428 g/mol. The maximum absolute atomic E-state index is 12.2. The second-order valence-electron chi connectivity index (χ2n) is 9.98. The van der Waals surface area contributed by atoms with Crippen LogP contribution in [0.4, 0.5) is 0 Å².